The minimum Gasteiger partial charge on any atom is -0.462 e. The summed E-state index contributed by atoms with van der Waals surface area (Å²) in [6.45, 7) is 13.8. The van der Waals surface area contributed by atoms with Gasteiger partial charge in [0, 0.05) is 19.3 Å². The highest BCUT2D eigenvalue weighted by atomic mass is 16.6. The van der Waals surface area contributed by atoms with Gasteiger partial charge in [0.05, 0.1) is 0 Å². The Labute approximate surface area is 425 Å². The molecular weight excluding hydrogens is 841 g/mol. The normalized spacial score (nSPS) is 12.5. The molecule has 0 bridgehead atoms. The van der Waals surface area contributed by atoms with Crippen molar-refractivity contribution in [1.82, 2.24) is 0 Å². The molecule has 0 aromatic heterocycles. The van der Waals surface area contributed by atoms with E-state index in [9.17, 15) is 14.4 Å². The highest BCUT2D eigenvalue weighted by Crippen LogP contribution is 2.19. The van der Waals surface area contributed by atoms with Gasteiger partial charge >= 0.3 is 17.9 Å². The van der Waals surface area contributed by atoms with Crippen molar-refractivity contribution < 1.29 is 28.6 Å². The van der Waals surface area contributed by atoms with E-state index >= 15 is 0 Å². The summed E-state index contributed by atoms with van der Waals surface area (Å²) in [5, 5.41) is 0. The molecule has 0 aliphatic carbocycles. The first-order chi connectivity index (χ1) is 33.1. The van der Waals surface area contributed by atoms with Crippen LogP contribution in [0.3, 0.4) is 0 Å². The quantitative estimate of drug-likeness (QED) is 0.0343. The second kappa shape index (κ2) is 53.2. The van der Waals surface area contributed by atoms with Gasteiger partial charge in [-0.05, 0) is 37.0 Å². The molecule has 0 saturated heterocycles. The average molecular weight is 962 g/mol. The van der Waals surface area contributed by atoms with Crippen molar-refractivity contribution >= 4 is 17.9 Å². The first kappa shape index (κ1) is 66.4. The maximum atomic E-state index is 12.9. The van der Waals surface area contributed by atoms with Crippen LogP contribution < -0.4 is 0 Å². The van der Waals surface area contributed by atoms with E-state index in [0.717, 1.165) is 75.5 Å². The number of carbonyl (C=O) groups is 3. The molecule has 0 aliphatic rings. The molecule has 0 fully saturated rings. The van der Waals surface area contributed by atoms with E-state index in [1.54, 1.807) is 0 Å². The molecule has 0 radical (unpaired) electrons. The van der Waals surface area contributed by atoms with Gasteiger partial charge in [0.1, 0.15) is 13.2 Å². The molecule has 6 heteroatoms. The van der Waals surface area contributed by atoms with E-state index in [1.165, 1.54) is 225 Å². The fourth-order valence-electron chi connectivity index (χ4n) is 9.50. The zero-order valence-corrected chi connectivity index (χ0v) is 46.9. The number of rotatable bonds is 55. The Kier molecular flexibility index (Phi) is 52.0. The van der Waals surface area contributed by atoms with E-state index in [0.29, 0.717) is 19.3 Å². The molecule has 404 valence electrons. The number of unbranched alkanes of at least 4 members (excludes halogenated alkanes) is 37. The van der Waals surface area contributed by atoms with Crippen molar-refractivity contribution in [2.75, 3.05) is 13.2 Å². The molecule has 68 heavy (non-hydrogen) atoms. The predicted molar refractivity (Wildman–Crippen MR) is 293 cm³/mol. The third-order valence-electron chi connectivity index (χ3n) is 14.5. The zero-order valence-electron chi connectivity index (χ0n) is 46.9. The van der Waals surface area contributed by atoms with Crippen LogP contribution in [0.2, 0.25) is 0 Å². The maximum Gasteiger partial charge on any atom is 0.306 e. The molecule has 1 unspecified atom stereocenters. The third-order valence-corrected chi connectivity index (χ3v) is 14.5. The molecule has 0 saturated carbocycles. The molecule has 0 amide bonds. The second-order valence-corrected chi connectivity index (χ2v) is 22.5. The van der Waals surface area contributed by atoms with Crippen molar-refractivity contribution in [1.29, 1.82) is 0 Å². The molecule has 0 aromatic rings. The summed E-state index contributed by atoms with van der Waals surface area (Å²) >= 11 is 0. The number of hydrogen-bond donors (Lipinski definition) is 0. The SMILES string of the molecule is CCC(C)CCCCCCCCCCCCC(=O)O[C@@H](COC(=O)CCCCCCCCCCCCCCCCCCCCC(C)C)COC(=O)CCCCCCCCCCCCCCC(C)C. The Hall–Kier alpha value is -1.59. The fourth-order valence-corrected chi connectivity index (χ4v) is 9.50. The van der Waals surface area contributed by atoms with Crippen LogP contribution in [0.5, 0.6) is 0 Å². The molecule has 0 spiro atoms. The lowest BCUT2D eigenvalue weighted by atomic mass is 9.99. The number of hydrogen-bond acceptors (Lipinski definition) is 6. The summed E-state index contributed by atoms with van der Waals surface area (Å²) in [6, 6.07) is 0. The van der Waals surface area contributed by atoms with Gasteiger partial charge in [0.15, 0.2) is 6.10 Å². The lowest BCUT2D eigenvalue weighted by Crippen LogP contribution is -2.30. The van der Waals surface area contributed by atoms with Gasteiger partial charge in [0.2, 0.25) is 0 Å². The van der Waals surface area contributed by atoms with Crippen molar-refractivity contribution in [3.05, 3.63) is 0 Å². The fraction of sp³-hybridized carbons (Fsp3) is 0.952. The van der Waals surface area contributed by atoms with Crippen molar-refractivity contribution in [3.8, 4) is 0 Å². The van der Waals surface area contributed by atoms with E-state index in [1.807, 2.05) is 0 Å². The zero-order chi connectivity index (χ0) is 49.8. The summed E-state index contributed by atoms with van der Waals surface area (Å²) in [6.07, 6.45) is 56.7. The van der Waals surface area contributed by atoms with Crippen LogP contribution in [0.1, 0.15) is 343 Å². The van der Waals surface area contributed by atoms with Crippen LogP contribution in [0.4, 0.5) is 0 Å². The van der Waals surface area contributed by atoms with Gasteiger partial charge in [-0.15, -0.1) is 0 Å². The van der Waals surface area contributed by atoms with Crippen LogP contribution in [0.15, 0.2) is 0 Å². The van der Waals surface area contributed by atoms with Gasteiger partial charge < -0.3 is 14.2 Å². The molecule has 2 atom stereocenters. The Bertz CT molecular complexity index is 1060. The number of ether oxygens (including phenoxy) is 3. The maximum absolute atomic E-state index is 12.9. The Morgan fingerprint density at radius 3 is 0.765 bits per heavy atom. The monoisotopic (exact) mass is 961 g/mol. The van der Waals surface area contributed by atoms with E-state index in [-0.39, 0.29) is 31.1 Å². The Balaban J connectivity index is 4.26. The Morgan fingerprint density at radius 2 is 0.515 bits per heavy atom. The smallest absolute Gasteiger partial charge is 0.306 e. The second-order valence-electron chi connectivity index (χ2n) is 22.5. The topological polar surface area (TPSA) is 78.9 Å². The lowest BCUT2D eigenvalue weighted by Gasteiger charge is -2.18. The molecule has 6 nitrogen and oxygen atoms in total. The van der Waals surface area contributed by atoms with Crippen molar-refractivity contribution in [2.45, 2.75) is 349 Å². The van der Waals surface area contributed by atoms with Gasteiger partial charge in [0.25, 0.3) is 0 Å². The number of esters is 3. The summed E-state index contributed by atoms with van der Waals surface area (Å²) in [5.74, 6) is 1.72. The Morgan fingerprint density at radius 1 is 0.294 bits per heavy atom. The van der Waals surface area contributed by atoms with Gasteiger partial charge in [-0.1, -0.05) is 305 Å². The minimum atomic E-state index is -0.764. The van der Waals surface area contributed by atoms with E-state index < -0.39 is 6.10 Å². The highest BCUT2D eigenvalue weighted by molar-refractivity contribution is 5.71. The largest absolute Gasteiger partial charge is 0.462 e. The first-order valence-corrected chi connectivity index (χ1v) is 30.6. The van der Waals surface area contributed by atoms with E-state index in [4.69, 9.17) is 14.2 Å². The lowest BCUT2D eigenvalue weighted by molar-refractivity contribution is -0.167. The van der Waals surface area contributed by atoms with Crippen molar-refractivity contribution in [2.24, 2.45) is 17.8 Å². The predicted octanol–water partition coefficient (Wildman–Crippen LogP) is 20.3. The molecule has 0 N–H and O–H groups in total. The summed E-state index contributed by atoms with van der Waals surface area (Å²) in [7, 11) is 0. The van der Waals surface area contributed by atoms with Crippen LogP contribution in [-0.4, -0.2) is 37.2 Å². The average Bonchev–Trinajstić information content (AvgIpc) is 3.31. The molecule has 0 aliphatic heterocycles. The van der Waals surface area contributed by atoms with Gasteiger partial charge in [-0.2, -0.15) is 0 Å². The standard InChI is InChI=1S/C62H120O6/c1-7-58(6)50-44-38-32-26-22-23-29-35-41-47-53-62(65)68-59(55-67-61(64)52-46-40-34-28-21-17-16-19-25-31-37-43-49-57(4)5)54-66-60(63)51-45-39-33-27-20-15-13-11-9-8-10-12-14-18-24-30-36-42-48-56(2)3/h56-59H,7-55H2,1-6H3/t58?,59-/m0/s1. The molecule has 0 aromatic carbocycles. The van der Waals surface area contributed by atoms with Gasteiger partial charge in [-0.3, -0.25) is 14.4 Å². The van der Waals surface area contributed by atoms with Crippen LogP contribution in [0.25, 0.3) is 0 Å². The minimum absolute atomic E-state index is 0.0632. The molecular formula is C62H120O6. The molecule has 0 rings (SSSR count). The van der Waals surface area contributed by atoms with Gasteiger partial charge in [-0.25, -0.2) is 0 Å². The summed E-state index contributed by atoms with van der Waals surface area (Å²) in [5.41, 5.74) is 0. The first-order valence-electron chi connectivity index (χ1n) is 30.6. The van der Waals surface area contributed by atoms with Crippen LogP contribution in [-0.2, 0) is 28.6 Å². The van der Waals surface area contributed by atoms with E-state index in [2.05, 4.69) is 41.5 Å². The van der Waals surface area contributed by atoms with Crippen molar-refractivity contribution in [3.63, 3.8) is 0 Å². The summed E-state index contributed by atoms with van der Waals surface area (Å²) < 4.78 is 16.9. The number of carbonyl (C=O) groups excluding carboxylic acids is 3. The highest BCUT2D eigenvalue weighted by Gasteiger charge is 2.19. The van der Waals surface area contributed by atoms with Crippen LogP contribution >= 0.6 is 0 Å². The molecule has 0 heterocycles. The third kappa shape index (κ3) is 53.8. The summed E-state index contributed by atoms with van der Waals surface area (Å²) in [4.78, 5) is 38.2. The van der Waals surface area contributed by atoms with Crippen LogP contribution in [0, 0.1) is 17.8 Å².